The highest BCUT2D eigenvalue weighted by atomic mass is 32.2. The molecule has 2 aromatic rings. The highest BCUT2D eigenvalue weighted by Crippen LogP contribution is 2.39. The zero-order valence-corrected chi connectivity index (χ0v) is 12.2. The van der Waals surface area contributed by atoms with E-state index in [1.165, 1.54) is 15.6 Å². The van der Waals surface area contributed by atoms with Crippen LogP contribution < -0.4 is 0 Å². The largest absolute Gasteiger partial charge is 0.339 e. The van der Waals surface area contributed by atoms with Gasteiger partial charge in [0.1, 0.15) is 4.21 Å². The highest BCUT2D eigenvalue weighted by molar-refractivity contribution is 7.91. The van der Waals surface area contributed by atoms with Crippen LogP contribution in [0.15, 0.2) is 26.2 Å². The molecule has 8 heteroatoms. The van der Waals surface area contributed by atoms with Crippen molar-refractivity contribution in [1.82, 2.24) is 14.4 Å². The van der Waals surface area contributed by atoms with Crippen LogP contribution in [0.5, 0.6) is 0 Å². The molecule has 0 radical (unpaired) electrons. The van der Waals surface area contributed by atoms with Gasteiger partial charge in [-0.3, -0.25) is 0 Å². The Kier molecular flexibility index (Phi) is 2.73. The first-order chi connectivity index (χ1) is 9.64. The van der Waals surface area contributed by atoms with Crippen molar-refractivity contribution in [2.75, 3.05) is 13.1 Å². The van der Waals surface area contributed by atoms with E-state index in [0.29, 0.717) is 29.1 Å². The van der Waals surface area contributed by atoms with Crippen molar-refractivity contribution in [2.45, 2.75) is 28.9 Å². The average Bonchev–Trinajstić information content (AvgIpc) is 2.90. The quantitative estimate of drug-likeness (QED) is 0.860. The number of sulfonamides is 1. The Morgan fingerprint density at radius 3 is 2.75 bits per heavy atom. The summed E-state index contributed by atoms with van der Waals surface area (Å²) in [4.78, 5) is 4.38. The van der Waals surface area contributed by atoms with Gasteiger partial charge in [0.15, 0.2) is 5.82 Å². The number of hydrogen-bond donors (Lipinski definition) is 0. The van der Waals surface area contributed by atoms with Crippen molar-refractivity contribution in [1.29, 1.82) is 0 Å². The second kappa shape index (κ2) is 4.37. The summed E-state index contributed by atoms with van der Waals surface area (Å²) in [6.45, 7) is 0.846. The topological polar surface area (TPSA) is 76.3 Å². The monoisotopic (exact) mass is 311 g/mol. The lowest BCUT2D eigenvalue weighted by molar-refractivity contribution is 0.217. The summed E-state index contributed by atoms with van der Waals surface area (Å²) in [5.74, 6) is 1.84. The fourth-order valence-electron chi connectivity index (χ4n) is 2.25. The molecule has 1 aliphatic carbocycles. The van der Waals surface area contributed by atoms with Gasteiger partial charge in [-0.05, 0) is 24.3 Å². The van der Waals surface area contributed by atoms with Gasteiger partial charge in [0, 0.05) is 19.0 Å². The highest BCUT2D eigenvalue weighted by Gasteiger charge is 2.41. The molecule has 0 bridgehead atoms. The fourth-order valence-corrected chi connectivity index (χ4v) is 4.92. The molecular formula is C12H13N3O3S2. The zero-order valence-electron chi connectivity index (χ0n) is 10.6. The van der Waals surface area contributed by atoms with Gasteiger partial charge in [0.2, 0.25) is 5.89 Å². The van der Waals surface area contributed by atoms with E-state index in [1.807, 2.05) is 0 Å². The van der Waals surface area contributed by atoms with Crippen molar-refractivity contribution in [3.05, 3.63) is 29.2 Å². The van der Waals surface area contributed by atoms with E-state index in [1.54, 1.807) is 17.5 Å². The third-order valence-corrected chi connectivity index (χ3v) is 6.89. The Labute approximate surface area is 120 Å². The van der Waals surface area contributed by atoms with Crippen LogP contribution in [0.3, 0.4) is 0 Å². The molecule has 0 N–H and O–H groups in total. The van der Waals surface area contributed by atoms with Gasteiger partial charge >= 0.3 is 0 Å². The second-order valence-corrected chi connectivity index (χ2v) is 8.33. The SMILES string of the molecule is O=S(=O)(c1cccs1)N1CC(c2nc(C3CC3)no2)C1. The Bertz CT molecular complexity index is 713. The van der Waals surface area contributed by atoms with Gasteiger partial charge in [-0.25, -0.2) is 8.42 Å². The van der Waals surface area contributed by atoms with Gasteiger partial charge in [-0.2, -0.15) is 9.29 Å². The van der Waals surface area contributed by atoms with Crippen LogP contribution in [0.25, 0.3) is 0 Å². The first-order valence-electron chi connectivity index (χ1n) is 6.52. The van der Waals surface area contributed by atoms with E-state index in [4.69, 9.17) is 4.52 Å². The van der Waals surface area contributed by atoms with Gasteiger partial charge < -0.3 is 4.52 Å². The van der Waals surface area contributed by atoms with Gasteiger partial charge in [-0.15, -0.1) is 11.3 Å². The molecular weight excluding hydrogens is 298 g/mol. The Morgan fingerprint density at radius 1 is 1.30 bits per heavy atom. The van der Waals surface area contributed by atoms with Crippen LogP contribution in [0.2, 0.25) is 0 Å². The summed E-state index contributed by atoms with van der Waals surface area (Å²) in [5, 5.41) is 5.73. The molecule has 3 heterocycles. The van der Waals surface area contributed by atoms with Crippen LogP contribution in [-0.2, 0) is 10.0 Å². The smallest absolute Gasteiger partial charge is 0.252 e. The average molecular weight is 311 g/mol. The molecule has 6 nitrogen and oxygen atoms in total. The van der Waals surface area contributed by atoms with Crippen molar-refractivity contribution in [2.24, 2.45) is 0 Å². The third-order valence-electron chi connectivity index (χ3n) is 3.69. The Hall–Kier alpha value is -1.25. The van der Waals surface area contributed by atoms with Crippen molar-refractivity contribution in [3.8, 4) is 0 Å². The number of nitrogens with zero attached hydrogens (tertiary/aromatic N) is 3. The molecule has 2 aromatic heterocycles. The van der Waals surface area contributed by atoms with Crippen molar-refractivity contribution >= 4 is 21.4 Å². The standard InChI is InChI=1S/C12H13N3O3S2/c16-20(17,10-2-1-5-19-10)15-6-9(7-15)12-13-11(14-18-12)8-3-4-8/h1-2,5,8-9H,3-4,6-7H2. The molecule has 0 aromatic carbocycles. The summed E-state index contributed by atoms with van der Waals surface area (Å²) < 4.78 is 31.6. The number of thiophene rings is 1. The summed E-state index contributed by atoms with van der Waals surface area (Å²) in [5.41, 5.74) is 0. The van der Waals surface area contributed by atoms with E-state index >= 15 is 0 Å². The minimum Gasteiger partial charge on any atom is -0.339 e. The molecule has 0 spiro atoms. The molecule has 1 saturated carbocycles. The molecule has 1 aliphatic heterocycles. The predicted molar refractivity (Wildman–Crippen MR) is 72.1 cm³/mol. The summed E-state index contributed by atoms with van der Waals surface area (Å²) in [6, 6.07) is 3.37. The first kappa shape index (κ1) is 12.5. The molecule has 2 fully saturated rings. The van der Waals surface area contributed by atoms with Gasteiger partial charge in [-0.1, -0.05) is 11.2 Å². The number of aromatic nitrogens is 2. The van der Waals surface area contributed by atoms with Crippen LogP contribution in [-0.4, -0.2) is 36.0 Å². The van der Waals surface area contributed by atoms with Crippen LogP contribution in [0.1, 0.15) is 36.4 Å². The lowest BCUT2D eigenvalue weighted by Gasteiger charge is -2.35. The second-order valence-electron chi connectivity index (χ2n) is 5.22. The van der Waals surface area contributed by atoms with E-state index in [2.05, 4.69) is 10.1 Å². The minimum atomic E-state index is -3.34. The Balaban J connectivity index is 1.46. The summed E-state index contributed by atoms with van der Waals surface area (Å²) >= 11 is 1.24. The number of rotatable bonds is 4. The normalized spacial score (nSPS) is 21.0. The Morgan fingerprint density at radius 2 is 2.10 bits per heavy atom. The molecule has 0 unspecified atom stereocenters. The molecule has 20 heavy (non-hydrogen) atoms. The van der Waals surface area contributed by atoms with Crippen molar-refractivity contribution in [3.63, 3.8) is 0 Å². The predicted octanol–water partition coefficient (Wildman–Crippen LogP) is 1.80. The first-order valence-corrected chi connectivity index (χ1v) is 8.84. The molecule has 106 valence electrons. The number of hydrogen-bond acceptors (Lipinski definition) is 6. The van der Waals surface area contributed by atoms with Crippen molar-refractivity contribution < 1.29 is 12.9 Å². The maximum absolute atomic E-state index is 12.2. The van der Waals surface area contributed by atoms with Crippen LogP contribution in [0.4, 0.5) is 0 Å². The lowest BCUT2D eigenvalue weighted by Crippen LogP contribution is -2.48. The summed E-state index contributed by atoms with van der Waals surface area (Å²) in [7, 11) is -3.34. The molecule has 0 amide bonds. The van der Waals surface area contributed by atoms with E-state index in [-0.39, 0.29) is 5.92 Å². The van der Waals surface area contributed by atoms with E-state index in [0.717, 1.165) is 18.7 Å². The van der Waals surface area contributed by atoms with Crippen LogP contribution in [0, 0.1) is 0 Å². The maximum Gasteiger partial charge on any atom is 0.252 e. The van der Waals surface area contributed by atoms with Gasteiger partial charge in [0.25, 0.3) is 10.0 Å². The molecule has 4 rings (SSSR count). The lowest BCUT2D eigenvalue weighted by atomic mass is 10.0. The minimum absolute atomic E-state index is 0.0322. The molecule has 1 saturated heterocycles. The third kappa shape index (κ3) is 1.99. The maximum atomic E-state index is 12.2. The van der Waals surface area contributed by atoms with Crippen LogP contribution >= 0.6 is 11.3 Å². The molecule has 0 atom stereocenters. The molecule has 2 aliphatic rings. The summed E-state index contributed by atoms with van der Waals surface area (Å²) in [6.07, 6.45) is 2.26. The zero-order chi connectivity index (χ0) is 13.7. The fraction of sp³-hybridized carbons (Fsp3) is 0.500. The van der Waals surface area contributed by atoms with E-state index in [9.17, 15) is 8.42 Å². The van der Waals surface area contributed by atoms with E-state index < -0.39 is 10.0 Å². The van der Waals surface area contributed by atoms with Gasteiger partial charge in [0.05, 0.1) is 5.92 Å².